The van der Waals surface area contributed by atoms with Crippen LogP contribution in [-0.2, 0) is 0 Å². The van der Waals surface area contributed by atoms with E-state index in [9.17, 15) is 0 Å². The molecule has 2 aromatic carbocycles. The first-order chi connectivity index (χ1) is 11.7. The maximum Gasteiger partial charge on any atom is 0.138 e. The van der Waals surface area contributed by atoms with E-state index in [1.165, 1.54) is 21.6 Å². The van der Waals surface area contributed by atoms with Gasteiger partial charge in [-0.1, -0.05) is 59.8 Å². The normalized spacial score (nSPS) is 11.1. The van der Waals surface area contributed by atoms with Crippen molar-refractivity contribution >= 4 is 17.4 Å². The summed E-state index contributed by atoms with van der Waals surface area (Å²) in [6.45, 7) is 4.25. The molecule has 0 N–H and O–H groups in total. The van der Waals surface area contributed by atoms with Gasteiger partial charge in [0.1, 0.15) is 16.4 Å². The summed E-state index contributed by atoms with van der Waals surface area (Å²) >= 11 is 1.76. The van der Waals surface area contributed by atoms with Crippen LogP contribution in [0.5, 0.6) is 0 Å². The standard InChI is InChI=1S/C21H18N2S/c1-15-10-12-17(13-11-15)24-21-20(18-8-4-3-7-16(18)2)22-19-9-5-6-14-23(19)21/h3-14H,1-2H3. The molecule has 2 heterocycles. The van der Waals surface area contributed by atoms with Crippen LogP contribution >= 0.6 is 11.8 Å². The minimum absolute atomic E-state index is 0.977. The van der Waals surface area contributed by atoms with Gasteiger partial charge in [0.25, 0.3) is 0 Å². The van der Waals surface area contributed by atoms with Crippen molar-refractivity contribution < 1.29 is 0 Å². The summed E-state index contributed by atoms with van der Waals surface area (Å²) in [5, 5.41) is 1.16. The average molecular weight is 330 g/mol. The van der Waals surface area contributed by atoms with Crippen molar-refractivity contribution in [1.29, 1.82) is 0 Å². The van der Waals surface area contributed by atoms with Gasteiger partial charge in [-0.05, 0) is 43.7 Å². The molecule has 0 radical (unpaired) electrons. The lowest BCUT2D eigenvalue weighted by Gasteiger charge is -2.07. The second-order valence-electron chi connectivity index (χ2n) is 5.92. The monoisotopic (exact) mass is 330 g/mol. The van der Waals surface area contributed by atoms with E-state index >= 15 is 0 Å². The Bertz CT molecular complexity index is 1000. The first-order valence-corrected chi connectivity index (χ1v) is 8.81. The van der Waals surface area contributed by atoms with Crippen molar-refractivity contribution in [1.82, 2.24) is 9.38 Å². The van der Waals surface area contributed by atoms with Crippen LogP contribution in [0, 0.1) is 13.8 Å². The average Bonchev–Trinajstić information content (AvgIpc) is 2.96. The molecule has 3 heteroatoms. The summed E-state index contributed by atoms with van der Waals surface area (Å²) in [6, 6.07) is 23.2. The fourth-order valence-electron chi connectivity index (χ4n) is 2.80. The molecule has 0 unspecified atom stereocenters. The van der Waals surface area contributed by atoms with Crippen molar-refractivity contribution in [3.05, 3.63) is 84.1 Å². The van der Waals surface area contributed by atoms with E-state index in [0.717, 1.165) is 16.4 Å². The molecule has 0 fully saturated rings. The minimum atomic E-state index is 0.977. The number of rotatable bonds is 3. The van der Waals surface area contributed by atoms with Gasteiger partial charge in [-0.3, -0.25) is 4.40 Å². The van der Waals surface area contributed by atoms with Crippen molar-refractivity contribution in [2.75, 3.05) is 0 Å². The van der Waals surface area contributed by atoms with Gasteiger partial charge in [-0.15, -0.1) is 0 Å². The summed E-state index contributed by atoms with van der Waals surface area (Å²) in [5.74, 6) is 0. The van der Waals surface area contributed by atoms with Crippen LogP contribution in [-0.4, -0.2) is 9.38 Å². The number of benzene rings is 2. The Kier molecular flexibility index (Phi) is 3.87. The summed E-state index contributed by atoms with van der Waals surface area (Å²) in [7, 11) is 0. The molecule has 4 aromatic rings. The second-order valence-corrected chi connectivity index (χ2v) is 6.99. The second kappa shape index (κ2) is 6.17. The molecule has 0 aliphatic rings. The number of pyridine rings is 1. The molecule has 118 valence electrons. The predicted octanol–water partition coefficient (Wildman–Crippen LogP) is 5.77. The summed E-state index contributed by atoms with van der Waals surface area (Å²) < 4.78 is 2.17. The smallest absolute Gasteiger partial charge is 0.138 e. The molecule has 0 spiro atoms. The Morgan fingerprint density at radius 3 is 2.38 bits per heavy atom. The third-order valence-corrected chi connectivity index (χ3v) is 5.21. The highest BCUT2D eigenvalue weighted by Gasteiger charge is 2.16. The van der Waals surface area contributed by atoms with Crippen LogP contribution in [0.15, 0.2) is 82.8 Å². The van der Waals surface area contributed by atoms with E-state index in [1.807, 2.05) is 6.07 Å². The first-order valence-electron chi connectivity index (χ1n) is 8.00. The molecule has 0 saturated heterocycles. The SMILES string of the molecule is Cc1ccc(Sc2c(-c3ccccc3C)nc3ccccn23)cc1. The lowest BCUT2D eigenvalue weighted by atomic mass is 10.1. The fraction of sp³-hybridized carbons (Fsp3) is 0.0952. The molecular weight excluding hydrogens is 312 g/mol. The largest absolute Gasteiger partial charge is 0.294 e. The zero-order chi connectivity index (χ0) is 16.5. The molecule has 0 aliphatic heterocycles. The van der Waals surface area contributed by atoms with Crippen molar-refractivity contribution in [3.63, 3.8) is 0 Å². The highest BCUT2D eigenvalue weighted by molar-refractivity contribution is 7.99. The maximum atomic E-state index is 4.90. The van der Waals surface area contributed by atoms with Gasteiger partial charge >= 0.3 is 0 Å². The van der Waals surface area contributed by atoms with Crippen molar-refractivity contribution in [2.24, 2.45) is 0 Å². The summed E-state index contributed by atoms with van der Waals surface area (Å²) in [4.78, 5) is 6.12. The van der Waals surface area contributed by atoms with E-state index in [1.54, 1.807) is 11.8 Å². The van der Waals surface area contributed by atoms with Gasteiger partial charge in [-0.25, -0.2) is 4.98 Å². The third-order valence-electron chi connectivity index (χ3n) is 4.12. The minimum Gasteiger partial charge on any atom is -0.294 e. The highest BCUT2D eigenvalue weighted by Crippen LogP contribution is 2.37. The van der Waals surface area contributed by atoms with Crippen LogP contribution in [0.25, 0.3) is 16.9 Å². The number of imidazole rings is 1. The Hall–Kier alpha value is -2.52. The fourth-order valence-corrected chi connectivity index (χ4v) is 3.80. The predicted molar refractivity (Wildman–Crippen MR) is 101 cm³/mol. The van der Waals surface area contributed by atoms with Crippen molar-refractivity contribution in [2.45, 2.75) is 23.8 Å². The lowest BCUT2D eigenvalue weighted by molar-refractivity contribution is 1.05. The van der Waals surface area contributed by atoms with Crippen LogP contribution in [0.3, 0.4) is 0 Å². The van der Waals surface area contributed by atoms with Crippen LogP contribution in [0.2, 0.25) is 0 Å². The van der Waals surface area contributed by atoms with Gasteiger partial charge in [0.15, 0.2) is 0 Å². The van der Waals surface area contributed by atoms with E-state index in [2.05, 4.69) is 85.1 Å². The van der Waals surface area contributed by atoms with Gasteiger partial charge in [-0.2, -0.15) is 0 Å². The zero-order valence-electron chi connectivity index (χ0n) is 13.7. The topological polar surface area (TPSA) is 17.3 Å². The molecular formula is C21H18N2S. The number of hydrogen-bond acceptors (Lipinski definition) is 2. The zero-order valence-corrected chi connectivity index (χ0v) is 14.5. The molecule has 0 saturated carbocycles. The summed E-state index contributed by atoms with van der Waals surface area (Å²) in [5.41, 5.74) is 5.73. The number of hydrogen-bond donors (Lipinski definition) is 0. The van der Waals surface area contributed by atoms with Gasteiger partial charge in [0, 0.05) is 16.7 Å². The highest BCUT2D eigenvalue weighted by atomic mass is 32.2. The van der Waals surface area contributed by atoms with Gasteiger partial charge in [0.2, 0.25) is 0 Å². The molecule has 4 rings (SSSR count). The molecule has 0 aliphatic carbocycles. The van der Waals surface area contributed by atoms with E-state index in [-0.39, 0.29) is 0 Å². The van der Waals surface area contributed by atoms with Crippen LogP contribution < -0.4 is 0 Å². The Labute approximate surface area is 146 Å². The Morgan fingerprint density at radius 2 is 1.58 bits per heavy atom. The number of aromatic nitrogens is 2. The van der Waals surface area contributed by atoms with E-state index in [4.69, 9.17) is 4.98 Å². The van der Waals surface area contributed by atoms with E-state index in [0.29, 0.717) is 0 Å². The molecule has 2 nitrogen and oxygen atoms in total. The number of nitrogens with zero attached hydrogens (tertiary/aromatic N) is 2. The van der Waals surface area contributed by atoms with Gasteiger partial charge in [0.05, 0.1) is 0 Å². The van der Waals surface area contributed by atoms with Crippen molar-refractivity contribution in [3.8, 4) is 11.3 Å². The molecule has 0 amide bonds. The molecule has 2 aromatic heterocycles. The third kappa shape index (κ3) is 2.72. The quantitative estimate of drug-likeness (QED) is 0.474. The van der Waals surface area contributed by atoms with Crippen LogP contribution in [0.1, 0.15) is 11.1 Å². The van der Waals surface area contributed by atoms with Crippen LogP contribution in [0.4, 0.5) is 0 Å². The lowest BCUT2D eigenvalue weighted by Crippen LogP contribution is -1.88. The van der Waals surface area contributed by atoms with Gasteiger partial charge < -0.3 is 0 Å². The molecule has 24 heavy (non-hydrogen) atoms. The number of fused-ring (bicyclic) bond motifs is 1. The Balaban J connectivity index is 1.90. The maximum absolute atomic E-state index is 4.90. The molecule has 0 atom stereocenters. The Morgan fingerprint density at radius 1 is 0.833 bits per heavy atom. The van der Waals surface area contributed by atoms with E-state index < -0.39 is 0 Å². The summed E-state index contributed by atoms with van der Waals surface area (Å²) in [6.07, 6.45) is 2.08. The first kappa shape index (κ1) is 15.0. The number of aryl methyl sites for hydroxylation is 2. The molecule has 0 bridgehead atoms.